The van der Waals surface area contributed by atoms with Crippen molar-refractivity contribution >= 4 is 55.1 Å². The van der Waals surface area contributed by atoms with E-state index in [1.165, 1.54) is 30.1 Å². The molecule has 42 heavy (non-hydrogen) atoms. The number of nitrogens with zero attached hydrogens (tertiary/aromatic N) is 2. The number of carbonyl (C=O) groups excluding carboxylic acids is 2. The van der Waals surface area contributed by atoms with Crippen molar-refractivity contribution in [3.05, 3.63) is 129 Å². The smallest absolute Gasteiger partial charge is 0.264 e. The quantitative estimate of drug-likeness (QED) is 0.213. The number of hydrogen-bond acceptors (Lipinski definition) is 4. The molecular weight excluding hydrogens is 638 g/mol. The Morgan fingerprint density at radius 2 is 1.55 bits per heavy atom. The molecule has 0 heterocycles. The van der Waals surface area contributed by atoms with Gasteiger partial charge in [0.25, 0.3) is 10.0 Å². The Hall–Kier alpha value is -3.66. The maximum absolute atomic E-state index is 14.3. The number of sulfonamides is 1. The van der Waals surface area contributed by atoms with Crippen molar-refractivity contribution in [2.45, 2.75) is 30.8 Å². The topological polar surface area (TPSA) is 86.8 Å². The molecule has 1 unspecified atom stereocenters. The van der Waals surface area contributed by atoms with E-state index in [9.17, 15) is 18.0 Å². The number of aryl methyl sites for hydroxylation is 1. The fourth-order valence-corrected chi connectivity index (χ4v) is 6.59. The molecule has 0 saturated heterocycles. The molecule has 2 amide bonds. The summed E-state index contributed by atoms with van der Waals surface area (Å²) >= 11 is 9.73. The minimum absolute atomic E-state index is 0.0338. The third kappa shape index (κ3) is 7.79. The van der Waals surface area contributed by atoms with Crippen LogP contribution in [-0.2, 0) is 32.6 Å². The highest BCUT2D eigenvalue weighted by Gasteiger charge is 2.34. The van der Waals surface area contributed by atoms with Crippen LogP contribution in [-0.4, -0.2) is 44.8 Å². The lowest BCUT2D eigenvalue weighted by atomic mass is 10.0. The van der Waals surface area contributed by atoms with E-state index in [0.29, 0.717) is 5.02 Å². The van der Waals surface area contributed by atoms with Crippen LogP contribution in [0.15, 0.2) is 112 Å². The van der Waals surface area contributed by atoms with Gasteiger partial charge in [0.15, 0.2) is 0 Å². The second-order valence-corrected chi connectivity index (χ2v) is 13.0. The van der Waals surface area contributed by atoms with Gasteiger partial charge in [-0.3, -0.25) is 13.9 Å². The van der Waals surface area contributed by atoms with E-state index in [1.807, 2.05) is 61.5 Å². The van der Waals surface area contributed by atoms with Crippen LogP contribution in [0.3, 0.4) is 0 Å². The monoisotopic (exact) mass is 667 g/mol. The van der Waals surface area contributed by atoms with Crippen molar-refractivity contribution in [3.63, 3.8) is 0 Å². The largest absolute Gasteiger partial charge is 0.357 e. The maximum atomic E-state index is 14.3. The molecule has 0 aliphatic carbocycles. The zero-order valence-electron chi connectivity index (χ0n) is 23.2. The highest BCUT2D eigenvalue weighted by molar-refractivity contribution is 9.10. The molecular formula is C32H31BrClN3O4S. The molecule has 0 saturated carbocycles. The van der Waals surface area contributed by atoms with Gasteiger partial charge in [-0.15, -0.1) is 0 Å². The van der Waals surface area contributed by atoms with Gasteiger partial charge in [-0.05, 0) is 60.5 Å². The number of rotatable bonds is 11. The predicted molar refractivity (Wildman–Crippen MR) is 170 cm³/mol. The van der Waals surface area contributed by atoms with Crippen molar-refractivity contribution in [2.75, 3.05) is 17.9 Å². The van der Waals surface area contributed by atoms with Gasteiger partial charge in [-0.25, -0.2) is 8.42 Å². The summed E-state index contributed by atoms with van der Waals surface area (Å²) in [4.78, 5) is 29.1. The molecule has 0 bridgehead atoms. The van der Waals surface area contributed by atoms with Crippen LogP contribution < -0.4 is 9.62 Å². The summed E-state index contributed by atoms with van der Waals surface area (Å²) in [5.74, 6) is -0.909. The van der Waals surface area contributed by atoms with Crippen LogP contribution >= 0.6 is 27.5 Å². The number of nitrogens with one attached hydrogen (secondary N) is 1. The molecule has 10 heteroatoms. The van der Waals surface area contributed by atoms with Crippen LogP contribution in [0, 0.1) is 6.92 Å². The molecule has 1 N–H and O–H groups in total. The van der Waals surface area contributed by atoms with Gasteiger partial charge in [0.2, 0.25) is 11.8 Å². The molecule has 4 aromatic carbocycles. The van der Waals surface area contributed by atoms with Gasteiger partial charge in [-0.1, -0.05) is 93.8 Å². The first-order valence-corrected chi connectivity index (χ1v) is 15.8. The van der Waals surface area contributed by atoms with Crippen molar-refractivity contribution in [3.8, 4) is 0 Å². The molecule has 0 fully saturated rings. The molecule has 4 aromatic rings. The Bertz CT molecular complexity index is 1650. The summed E-state index contributed by atoms with van der Waals surface area (Å²) in [6, 6.07) is 28.7. The summed E-state index contributed by atoms with van der Waals surface area (Å²) in [6.45, 7) is 1.39. The molecule has 218 valence electrons. The van der Waals surface area contributed by atoms with E-state index >= 15 is 0 Å². The number of benzene rings is 4. The fourth-order valence-electron chi connectivity index (χ4n) is 4.55. The van der Waals surface area contributed by atoms with E-state index in [1.54, 1.807) is 30.3 Å². The van der Waals surface area contributed by atoms with Gasteiger partial charge >= 0.3 is 0 Å². The van der Waals surface area contributed by atoms with Gasteiger partial charge in [0, 0.05) is 29.5 Å². The standard InChI is InChI=1S/C32H31BrClN3O4S/c1-23-14-16-29(17-15-23)42(40,41)37(28-13-7-12-27(34)20-28)22-31(38)36(21-25-10-6-11-26(33)18-25)30(32(39)35-2)19-24-8-4-3-5-9-24/h3-18,20,30H,19,21-22H2,1-2H3,(H,35,39). The Kier molecular flexibility index (Phi) is 10.4. The summed E-state index contributed by atoms with van der Waals surface area (Å²) in [6.07, 6.45) is 0.238. The SMILES string of the molecule is CNC(=O)C(Cc1ccccc1)N(Cc1cccc(Br)c1)C(=O)CN(c1cccc(Cl)c1)S(=O)(=O)c1ccc(C)cc1. The highest BCUT2D eigenvalue weighted by Crippen LogP contribution is 2.27. The Morgan fingerprint density at radius 3 is 2.19 bits per heavy atom. The number of likely N-dealkylation sites (N-methyl/N-ethyl adjacent to an activating group) is 1. The first-order valence-electron chi connectivity index (χ1n) is 13.2. The first-order chi connectivity index (χ1) is 20.1. The van der Waals surface area contributed by atoms with Gasteiger partial charge < -0.3 is 10.2 Å². The molecule has 7 nitrogen and oxygen atoms in total. The maximum Gasteiger partial charge on any atom is 0.264 e. The van der Waals surface area contributed by atoms with Crippen LogP contribution in [0.5, 0.6) is 0 Å². The van der Waals surface area contributed by atoms with Gasteiger partial charge in [-0.2, -0.15) is 0 Å². The van der Waals surface area contributed by atoms with E-state index in [2.05, 4.69) is 21.2 Å². The fraction of sp³-hybridized carbons (Fsp3) is 0.188. The Morgan fingerprint density at radius 1 is 0.881 bits per heavy atom. The summed E-state index contributed by atoms with van der Waals surface area (Å²) in [5.41, 5.74) is 2.76. The minimum Gasteiger partial charge on any atom is -0.357 e. The molecule has 0 aliphatic heterocycles. The van der Waals surface area contributed by atoms with E-state index in [0.717, 1.165) is 25.5 Å². The molecule has 0 aromatic heterocycles. The Labute approximate surface area is 260 Å². The zero-order chi connectivity index (χ0) is 30.3. The second-order valence-electron chi connectivity index (χ2n) is 9.78. The minimum atomic E-state index is -4.19. The number of halogens is 2. The van der Waals surface area contributed by atoms with Gasteiger partial charge in [0.05, 0.1) is 10.6 Å². The van der Waals surface area contributed by atoms with E-state index in [-0.39, 0.29) is 29.5 Å². The second kappa shape index (κ2) is 14.0. The zero-order valence-corrected chi connectivity index (χ0v) is 26.4. The van der Waals surface area contributed by atoms with Crippen molar-refractivity contribution in [1.29, 1.82) is 0 Å². The lowest BCUT2D eigenvalue weighted by Crippen LogP contribution is -2.53. The van der Waals surface area contributed by atoms with E-state index < -0.39 is 28.5 Å². The molecule has 0 radical (unpaired) electrons. The van der Waals surface area contributed by atoms with E-state index in [4.69, 9.17) is 11.6 Å². The average Bonchev–Trinajstić information content (AvgIpc) is 2.98. The van der Waals surface area contributed by atoms with Gasteiger partial charge in [0.1, 0.15) is 12.6 Å². The normalized spacial score (nSPS) is 11.9. The van der Waals surface area contributed by atoms with Crippen molar-refractivity contribution < 1.29 is 18.0 Å². The van der Waals surface area contributed by atoms with Crippen LogP contribution in [0.25, 0.3) is 0 Å². The van der Waals surface area contributed by atoms with Crippen LogP contribution in [0.4, 0.5) is 5.69 Å². The molecule has 0 spiro atoms. The lowest BCUT2D eigenvalue weighted by Gasteiger charge is -2.33. The first kappa shape index (κ1) is 31.3. The van der Waals surface area contributed by atoms with Crippen LogP contribution in [0.2, 0.25) is 5.02 Å². The number of carbonyl (C=O) groups is 2. The summed E-state index contributed by atoms with van der Waals surface area (Å²) < 4.78 is 29.8. The lowest BCUT2D eigenvalue weighted by molar-refractivity contribution is -0.139. The Balaban J connectivity index is 1.79. The predicted octanol–water partition coefficient (Wildman–Crippen LogP) is 5.99. The number of amides is 2. The van der Waals surface area contributed by atoms with Crippen LogP contribution in [0.1, 0.15) is 16.7 Å². The third-order valence-corrected chi connectivity index (χ3v) is 9.26. The molecule has 0 aliphatic rings. The molecule has 4 rings (SSSR count). The number of anilines is 1. The average molecular weight is 669 g/mol. The van der Waals surface area contributed by atoms with Crippen molar-refractivity contribution in [1.82, 2.24) is 10.2 Å². The molecule has 1 atom stereocenters. The highest BCUT2D eigenvalue weighted by atomic mass is 79.9. The number of hydrogen-bond donors (Lipinski definition) is 1. The van der Waals surface area contributed by atoms with Crippen molar-refractivity contribution in [2.24, 2.45) is 0 Å². The third-order valence-electron chi connectivity index (χ3n) is 6.74. The summed E-state index contributed by atoms with van der Waals surface area (Å²) in [5, 5.41) is 3.00. The summed E-state index contributed by atoms with van der Waals surface area (Å²) in [7, 11) is -2.67.